The van der Waals surface area contributed by atoms with Gasteiger partial charge in [-0.2, -0.15) is 10.2 Å². The highest BCUT2D eigenvalue weighted by molar-refractivity contribution is 9.10. The van der Waals surface area contributed by atoms with Gasteiger partial charge in [0.25, 0.3) is 5.56 Å². The predicted octanol–water partition coefficient (Wildman–Crippen LogP) is 4.93. The lowest BCUT2D eigenvalue weighted by atomic mass is 10.1. The van der Waals surface area contributed by atoms with Crippen LogP contribution in [0.3, 0.4) is 0 Å². The van der Waals surface area contributed by atoms with E-state index in [-0.39, 0.29) is 11.3 Å². The number of halogens is 1. The van der Waals surface area contributed by atoms with E-state index in [1.54, 1.807) is 18.3 Å². The molecule has 0 saturated carbocycles. The molecule has 3 N–H and O–H groups in total. The molecule has 0 bridgehead atoms. The van der Waals surface area contributed by atoms with Gasteiger partial charge in [0.1, 0.15) is 11.4 Å². The topological polar surface area (TPSA) is 109 Å². The fourth-order valence-electron chi connectivity index (χ4n) is 2.96. The van der Waals surface area contributed by atoms with Crippen LogP contribution in [0, 0.1) is 0 Å². The highest BCUT2D eigenvalue weighted by atomic mass is 79.9. The van der Waals surface area contributed by atoms with Crippen molar-refractivity contribution in [1.29, 1.82) is 0 Å². The Hall–Kier alpha value is -3.33. The van der Waals surface area contributed by atoms with Crippen LogP contribution in [0.5, 0.6) is 17.2 Å². The SMILES string of the molecule is CCCCCOc1ccc(-c2n[nH]c(=O)cc2N/N=C\c2cc(Br)c(O)c(OC)c2)cc1. The number of methoxy groups -OCH3 is 1. The van der Waals surface area contributed by atoms with Gasteiger partial charge in [-0.1, -0.05) is 19.8 Å². The summed E-state index contributed by atoms with van der Waals surface area (Å²) in [5.74, 6) is 1.11. The lowest BCUT2D eigenvalue weighted by Gasteiger charge is -2.09. The zero-order valence-corrected chi connectivity index (χ0v) is 19.5. The number of nitrogens with zero attached hydrogens (tertiary/aromatic N) is 2. The maximum absolute atomic E-state index is 11.8. The van der Waals surface area contributed by atoms with Gasteiger partial charge in [-0.15, -0.1) is 0 Å². The Balaban J connectivity index is 1.76. The molecule has 1 aromatic heterocycles. The van der Waals surface area contributed by atoms with Gasteiger partial charge in [-0.05, 0) is 64.3 Å². The average molecular weight is 501 g/mol. The Morgan fingerprint density at radius 1 is 1.22 bits per heavy atom. The number of ether oxygens (including phenoxy) is 2. The number of rotatable bonds is 10. The number of aromatic hydroxyl groups is 1. The molecular formula is C23H25BrN4O4. The Morgan fingerprint density at radius 3 is 2.72 bits per heavy atom. The molecule has 0 atom stereocenters. The van der Waals surface area contributed by atoms with Crippen molar-refractivity contribution in [3.05, 3.63) is 62.9 Å². The molecule has 0 radical (unpaired) electrons. The summed E-state index contributed by atoms with van der Waals surface area (Å²) in [4.78, 5) is 11.8. The Morgan fingerprint density at radius 2 is 2.00 bits per heavy atom. The molecular weight excluding hydrogens is 476 g/mol. The van der Waals surface area contributed by atoms with Crippen LogP contribution in [-0.2, 0) is 0 Å². The van der Waals surface area contributed by atoms with Crippen molar-refractivity contribution in [2.45, 2.75) is 26.2 Å². The van der Waals surface area contributed by atoms with E-state index in [0.717, 1.165) is 30.6 Å². The fraction of sp³-hybridized carbons (Fsp3) is 0.261. The minimum absolute atomic E-state index is 0.0106. The summed E-state index contributed by atoms with van der Waals surface area (Å²) in [6, 6.07) is 12.2. The van der Waals surface area contributed by atoms with E-state index in [9.17, 15) is 9.90 Å². The number of hydrogen-bond donors (Lipinski definition) is 3. The molecule has 0 aliphatic carbocycles. The van der Waals surface area contributed by atoms with E-state index < -0.39 is 0 Å². The van der Waals surface area contributed by atoms with Crippen molar-refractivity contribution in [2.24, 2.45) is 5.10 Å². The number of aromatic amines is 1. The molecule has 0 spiro atoms. The number of H-pyrrole nitrogens is 1. The summed E-state index contributed by atoms with van der Waals surface area (Å²) in [7, 11) is 1.47. The molecule has 9 heteroatoms. The van der Waals surface area contributed by atoms with Crippen molar-refractivity contribution >= 4 is 27.8 Å². The van der Waals surface area contributed by atoms with Gasteiger partial charge in [-0.3, -0.25) is 10.2 Å². The molecule has 3 rings (SSSR count). The third kappa shape index (κ3) is 6.10. The predicted molar refractivity (Wildman–Crippen MR) is 129 cm³/mol. The molecule has 2 aromatic carbocycles. The molecule has 8 nitrogen and oxygen atoms in total. The summed E-state index contributed by atoms with van der Waals surface area (Å²) in [6.45, 7) is 2.84. The first-order valence-electron chi connectivity index (χ1n) is 10.2. The van der Waals surface area contributed by atoms with Crippen molar-refractivity contribution in [2.75, 3.05) is 19.1 Å². The first-order valence-corrected chi connectivity index (χ1v) is 11.0. The Kier molecular flexibility index (Phi) is 8.27. The molecule has 0 aliphatic rings. The van der Waals surface area contributed by atoms with Crippen LogP contribution >= 0.6 is 15.9 Å². The van der Waals surface area contributed by atoms with Crippen LogP contribution in [0.2, 0.25) is 0 Å². The standard InChI is InChI=1S/C23H25BrN4O4/c1-3-4-5-10-32-17-8-6-16(7-9-17)22-19(13-21(29)27-28-22)26-25-14-15-11-18(24)23(30)20(12-15)31-2/h6-9,11-14,30H,3-5,10H2,1-2H3,(H2,26,27,29)/b25-14-. The number of phenols is 1. The molecule has 0 fully saturated rings. The van der Waals surface area contributed by atoms with E-state index in [0.29, 0.717) is 33.8 Å². The van der Waals surface area contributed by atoms with Crippen LogP contribution in [0.1, 0.15) is 31.7 Å². The summed E-state index contributed by atoms with van der Waals surface area (Å²) < 4.78 is 11.4. The van der Waals surface area contributed by atoms with Crippen LogP contribution in [0.25, 0.3) is 11.3 Å². The van der Waals surface area contributed by atoms with E-state index in [2.05, 4.69) is 43.6 Å². The second-order valence-corrected chi connectivity index (χ2v) is 7.85. The molecule has 32 heavy (non-hydrogen) atoms. The Bertz CT molecular complexity index is 1130. The van der Waals surface area contributed by atoms with Gasteiger partial charge in [0, 0.05) is 11.6 Å². The Labute approximate surface area is 194 Å². The van der Waals surface area contributed by atoms with Crippen LogP contribution in [0.4, 0.5) is 5.69 Å². The number of nitrogens with one attached hydrogen (secondary N) is 2. The minimum atomic E-state index is -0.351. The van der Waals surface area contributed by atoms with Crippen LogP contribution in [0.15, 0.2) is 56.8 Å². The van der Waals surface area contributed by atoms with E-state index >= 15 is 0 Å². The van der Waals surface area contributed by atoms with E-state index in [4.69, 9.17) is 9.47 Å². The van der Waals surface area contributed by atoms with Gasteiger partial charge in [0.2, 0.25) is 0 Å². The van der Waals surface area contributed by atoms with E-state index in [1.807, 2.05) is 24.3 Å². The van der Waals surface area contributed by atoms with Crippen LogP contribution < -0.4 is 20.5 Å². The largest absolute Gasteiger partial charge is 0.503 e. The number of unbranched alkanes of at least 4 members (excludes halogenated alkanes) is 2. The number of aromatic nitrogens is 2. The maximum Gasteiger partial charge on any atom is 0.266 e. The average Bonchev–Trinajstić information content (AvgIpc) is 2.79. The number of hydrazone groups is 1. The quantitative estimate of drug-likeness (QED) is 0.207. The van der Waals surface area contributed by atoms with Gasteiger partial charge in [-0.25, -0.2) is 5.10 Å². The van der Waals surface area contributed by atoms with Gasteiger partial charge < -0.3 is 14.6 Å². The molecule has 1 heterocycles. The zero-order valence-electron chi connectivity index (χ0n) is 17.9. The highest BCUT2D eigenvalue weighted by Crippen LogP contribution is 2.34. The summed E-state index contributed by atoms with van der Waals surface area (Å²) >= 11 is 3.28. The molecule has 3 aromatic rings. The first kappa shape index (κ1) is 23.3. The molecule has 0 unspecified atom stereocenters. The fourth-order valence-corrected chi connectivity index (χ4v) is 3.42. The maximum atomic E-state index is 11.8. The summed E-state index contributed by atoms with van der Waals surface area (Å²) in [5.41, 5.74) is 5.00. The third-order valence-electron chi connectivity index (χ3n) is 4.62. The number of hydrogen-bond acceptors (Lipinski definition) is 7. The molecule has 0 saturated heterocycles. The minimum Gasteiger partial charge on any atom is -0.503 e. The van der Waals surface area contributed by atoms with Crippen LogP contribution in [-0.4, -0.2) is 35.2 Å². The third-order valence-corrected chi connectivity index (χ3v) is 5.23. The second-order valence-electron chi connectivity index (χ2n) is 7.00. The monoisotopic (exact) mass is 500 g/mol. The normalized spacial score (nSPS) is 11.0. The van der Waals surface area contributed by atoms with Crippen molar-refractivity contribution in [1.82, 2.24) is 10.2 Å². The number of benzene rings is 2. The van der Waals surface area contributed by atoms with Gasteiger partial charge in [0.15, 0.2) is 11.5 Å². The van der Waals surface area contributed by atoms with Crippen molar-refractivity contribution < 1.29 is 14.6 Å². The van der Waals surface area contributed by atoms with Crippen molar-refractivity contribution in [3.63, 3.8) is 0 Å². The lowest BCUT2D eigenvalue weighted by molar-refractivity contribution is 0.306. The summed E-state index contributed by atoms with van der Waals surface area (Å²) in [6.07, 6.45) is 4.86. The van der Waals surface area contributed by atoms with Gasteiger partial charge >= 0.3 is 0 Å². The number of phenolic OH excluding ortho intramolecular Hbond substituents is 1. The smallest absolute Gasteiger partial charge is 0.266 e. The molecule has 0 aliphatic heterocycles. The summed E-state index contributed by atoms with van der Waals surface area (Å²) in [5, 5.41) is 20.8. The number of anilines is 1. The van der Waals surface area contributed by atoms with E-state index in [1.165, 1.54) is 13.2 Å². The lowest BCUT2D eigenvalue weighted by Crippen LogP contribution is -2.10. The second kappa shape index (κ2) is 11.3. The zero-order chi connectivity index (χ0) is 22.9. The molecule has 0 amide bonds. The molecule has 168 valence electrons. The van der Waals surface area contributed by atoms with Gasteiger partial charge in [0.05, 0.1) is 30.1 Å². The highest BCUT2D eigenvalue weighted by Gasteiger charge is 2.10. The first-order chi connectivity index (χ1) is 15.5. The van der Waals surface area contributed by atoms with Crippen molar-refractivity contribution in [3.8, 4) is 28.5 Å².